The SMILES string of the molecule is CC(C)N(CC(=O)N(Cc1cccn1Cc1ccccc1Cl)C1CCCCC1)C(=O)C1CC1. The minimum Gasteiger partial charge on any atom is -0.345 e. The van der Waals surface area contributed by atoms with Crippen molar-refractivity contribution in [2.75, 3.05) is 6.54 Å². The second-order valence-corrected chi connectivity index (χ2v) is 10.3. The number of carbonyl (C=O) groups excluding carboxylic acids is 2. The van der Waals surface area contributed by atoms with Crippen LogP contribution in [0.3, 0.4) is 0 Å². The zero-order valence-corrected chi connectivity index (χ0v) is 20.6. The van der Waals surface area contributed by atoms with E-state index < -0.39 is 0 Å². The molecule has 1 aromatic carbocycles. The van der Waals surface area contributed by atoms with Crippen LogP contribution in [0.5, 0.6) is 0 Å². The van der Waals surface area contributed by atoms with Gasteiger partial charge in [-0.05, 0) is 63.3 Å². The highest BCUT2D eigenvalue weighted by Crippen LogP contribution is 2.32. The van der Waals surface area contributed by atoms with Crippen LogP contribution in [0.2, 0.25) is 5.02 Å². The van der Waals surface area contributed by atoms with Gasteiger partial charge in [0.25, 0.3) is 0 Å². The first-order chi connectivity index (χ1) is 15.9. The quantitative estimate of drug-likeness (QED) is 0.487. The summed E-state index contributed by atoms with van der Waals surface area (Å²) in [6.45, 7) is 5.42. The number of benzene rings is 1. The lowest BCUT2D eigenvalue weighted by Gasteiger charge is -2.37. The van der Waals surface area contributed by atoms with Crippen LogP contribution < -0.4 is 0 Å². The lowest BCUT2D eigenvalue weighted by atomic mass is 9.94. The molecule has 2 aliphatic carbocycles. The lowest BCUT2D eigenvalue weighted by Crippen LogP contribution is -2.49. The van der Waals surface area contributed by atoms with E-state index >= 15 is 0 Å². The molecular formula is C27H36ClN3O2. The summed E-state index contributed by atoms with van der Waals surface area (Å²) in [5.74, 6) is 0.329. The van der Waals surface area contributed by atoms with Crippen LogP contribution in [0.1, 0.15) is 70.1 Å². The van der Waals surface area contributed by atoms with E-state index in [1.807, 2.05) is 49.1 Å². The van der Waals surface area contributed by atoms with Crippen molar-refractivity contribution in [1.29, 1.82) is 0 Å². The van der Waals surface area contributed by atoms with Gasteiger partial charge in [0.05, 0.1) is 6.54 Å². The van der Waals surface area contributed by atoms with E-state index in [1.54, 1.807) is 4.90 Å². The normalized spacial score (nSPS) is 16.7. The molecule has 0 saturated heterocycles. The Morgan fingerprint density at radius 3 is 2.42 bits per heavy atom. The highest BCUT2D eigenvalue weighted by atomic mass is 35.5. The molecule has 5 nitrogen and oxygen atoms in total. The summed E-state index contributed by atoms with van der Waals surface area (Å²) in [6.07, 6.45) is 9.59. The molecule has 0 N–H and O–H groups in total. The molecule has 33 heavy (non-hydrogen) atoms. The van der Waals surface area contributed by atoms with E-state index in [1.165, 1.54) is 6.42 Å². The molecule has 4 rings (SSSR count). The van der Waals surface area contributed by atoms with Crippen molar-refractivity contribution in [3.8, 4) is 0 Å². The molecular weight excluding hydrogens is 434 g/mol. The first kappa shape index (κ1) is 23.9. The summed E-state index contributed by atoms with van der Waals surface area (Å²) >= 11 is 6.40. The van der Waals surface area contributed by atoms with Crippen LogP contribution in [0, 0.1) is 5.92 Å². The average Bonchev–Trinajstić information content (AvgIpc) is 3.57. The molecule has 2 aromatic rings. The molecule has 2 fully saturated rings. The third-order valence-corrected chi connectivity index (χ3v) is 7.40. The molecule has 2 amide bonds. The third kappa shape index (κ3) is 6.00. The van der Waals surface area contributed by atoms with Gasteiger partial charge in [-0.2, -0.15) is 0 Å². The highest BCUT2D eigenvalue weighted by molar-refractivity contribution is 6.31. The summed E-state index contributed by atoms with van der Waals surface area (Å²) in [5.41, 5.74) is 2.16. The second-order valence-electron chi connectivity index (χ2n) is 9.87. The van der Waals surface area contributed by atoms with Crippen molar-refractivity contribution in [3.05, 3.63) is 58.9 Å². The molecule has 0 aliphatic heterocycles. The van der Waals surface area contributed by atoms with E-state index in [0.717, 1.165) is 54.8 Å². The summed E-state index contributed by atoms with van der Waals surface area (Å²) in [6, 6.07) is 12.3. The fourth-order valence-corrected chi connectivity index (χ4v) is 5.06. The number of nitrogens with zero attached hydrogens (tertiary/aromatic N) is 3. The minimum atomic E-state index is 0.0272. The number of hydrogen-bond donors (Lipinski definition) is 0. The maximum atomic E-state index is 13.7. The van der Waals surface area contributed by atoms with Crippen LogP contribution in [-0.4, -0.2) is 44.8 Å². The van der Waals surface area contributed by atoms with Crippen molar-refractivity contribution in [3.63, 3.8) is 0 Å². The van der Waals surface area contributed by atoms with Gasteiger partial charge in [-0.25, -0.2) is 0 Å². The maximum Gasteiger partial charge on any atom is 0.242 e. The van der Waals surface area contributed by atoms with Gasteiger partial charge in [-0.15, -0.1) is 0 Å². The summed E-state index contributed by atoms with van der Waals surface area (Å²) in [7, 11) is 0. The Bertz CT molecular complexity index is 960. The summed E-state index contributed by atoms with van der Waals surface area (Å²) in [4.78, 5) is 30.3. The maximum absolute atomic E-state index is 13.7. The van der Waals surface area contributed by atoms with Gasteiger partial charge in [0.2, 0.25) is 11.8 Å². The molecule has 1 heterocycles. The number of carbonyl (C=O) groups is 2. The summed E-state index contributed by atoms with van der Waals surface area (Å²) in [5, 5.41) is 0.753. The van der Waals surface area contributed by atoms with E-state index in [4.69, 9.17) is 11.6 Å². The van der Waals surface area contributed by atoms with E-state index in [2.05, 4.69) is 16.8 Å². The third-order valence-electron chi connectivity index (χ3n) is 7.03. The van der Waals surface area contributed by atoms with E-state index in [0.29, 0.717) is 13.1 Å². The van der Waals surface area contributed by atoms with Crippen molar-refractivity contribution in [1.82, 2.24) is 14.4 Å². The zero-order valence-electron chi connectivity index (χ0n) is 19.9. The Kier molecular flexibility index (Phi) is 7.79. The molecule has 178 valence electrons. The number of hydrogen-bond acceptors (Lipinski definition) is 2. The molecule has 0 spiro atoms. The Morgan fingerprint density at radius 1 is 1.03 bits per heavy atom. The molecule has 0 unspecified atom stereocenters. The van der Waals surface area contributed by atoms with Gasteiger partial charge >= 0.3 is 0 Å². The first-order valence-electron chi connectivity index (χ1n) is 12.4. The van der Waals surface area contributed by atoms with Crippen molar-refractivity contribution >= 4 is 23.4 Å². The van der Waals surface area contributed by atoms with Crippen LogP contribution in [0.25, 0.3) is 0 Å². The fourth-order valence-electron chi connectivity index (χ4n) is 4.86. The van der Waals surface area contributed by atoms with Crippen LogP contribution in [0.4, 0.5) is 0 Å². The number of halogens is 1. The fraction of sp³-hybridized carbons (Fsp3) is 0.556. The van der Waals surface area contributed by atoms with Crippen LogP contribution >= 0.6 is 11.6 Å². The van der Waals surface area contributed by atoms with Gasteiger partial charge in [0, 0.05) is 41.5 Å². The van der Waals surface area contributed by atoms with Crippen LogP contribution in [-0.2, 0) is 22.7 Å². The Hall–Kier alpha value is -2.27. The molecule has 2 aliphatic rings. The average molecular weight is 470 g/mol. The molecule has 2 saturated carbocycles. The molecule has 0 bridgehead atoms. The van der Waals surface area contributed by atoms with Gasteiger partial charge < -0.3 is 14.4 Å². The Balaban J connectivity index is 1.53. The topological polar surface area (TPSA) is 45.6 Å². The predicted molar refractivity (Wildman–Crippen MR) is 132 cm³/mol. The Morgan fingerprint density at radius 2 is 1.76 bits per heavy atom. The molecule has 0 radical (unpaired) electrons. The van der Waals surface area contributed by atoms with Crippen molar-refractivity contribution in [2.24, 2.45) is 5.92 Å². The monoisotopic (exact) mass is 469 g/mol. The highest BCUT2D eigenvalue weighted by Gasteiger charge is 2.36. The predicted octanol–water partition coefficient (Wildman–Crippen LogP) is 5.50. The molecule has 6 heteroatoms. The second kappa shape index (κ2) is 10.8. The number of aromatic nitrogens is 1. The Labute approximate surface area is 202 Å². The number of amides is 2. The minimum absolute atomic E-state index is 0.0272. The van der Waals surface area contributed by atoms with Gasteiger partial charge in [0.15, 0.2) is 0 Å². The van der Waals surface area contributed by atoms with E-state index in [-0.39, 0.29) is 36.4 Å². The standard InChI is InChI=1S/C27H36ClN3O2/c1-20(2)30(27(33)21-14-15-21)19-26(32)31(23-10-4-3-5-11-23)18-24-12-8-16-29(24)17-22-9-6-7-13-25(22)28/h6-9,12-13,16,20-21,23H,3-5,10-11,14-15,17-19H2,1-2H3. The molecule has 0 atom stereocenters. The van der Waals surface area contributed by atoms with Crippen LogP contribution in [0.15, 0.2) is 42.6 Å². The van der Waals surface area contributed by atoms with Crippen molar-refractivity contribution < 1.29 is 9.59 Å². The van der Waals surface area contributed by atoms with Crippen molar-refractivity contribution in [2.45, 2.75) is 84.0 Å². The number of rotatable bonds is 9. The smallest absolute Gasteiger partial charge is 0.242 e. The van der Waals surface area contributed by atoms with E-state index in [9.17, 15) is 9.59 Å². The van der Waals surface area contributed by atoms with Gasteiger partial charge in [-0.3, -0.25) is 9.59 Å². The first-order valence-corrected chi connectivity index (χ1v) is 12.8. The summed E-state index contributed by atoms with van der Waals surface area (Å²) < 4.78 is 2.18. The lowest BCUT2D eigenvalue weighted by molar-refractivity contribution is -0.144. The largest absolute Gasteiger partial charge is 0.345 e. The zero-order chi connectivity index (χ0) is 23.4. The van der Waals surface area contributed by atoms with Gasteiger partial charge in [0.1, 0.15) is 6.54 Å². The van der Waals surface area contributed by atoms with Gasteiger partial charge in [-0.1, -0.05) is 49.1 Å². The molecule has 1 aromatic heterocycles.